The number of likely N-dealkylation sites (tertiary alicyclic amines) is 1. The molecule has 32 heavy (non-hydrogen) atoms. The van der Waals surface area contributed by atoms with Gasteiger partial charge >= 0.3 is 0 Å². The number of benzene rings is 2. The molecule has 1 saturated heterocycles. The summed E-state index contributed by atoms with van der Waals surface area (Å²) in [6, 6.07) is 16.2. The molecule has 1 amide bonds. The fraction of sp³-hybridized carbons (Fsp3) is 0.375. The third-order valence-electron chi connectivity index (χ3n) is 5.94. The standard InChI is InChI=1S/C24H26ClN5O2/c25-18-4-8-21(9-5-18)32-22-3-1-2-17(14-22)15-29-12-10-20(11-13-29)30-16-23(27-28-30)24(31)26-19-6-7-19/h1-5,8-9,14,16,19-20H,6-7,10-13,15H2,(H,26,31). The summed E-state index contributed by atoms with van der Waals surface area (Å²) in [5.74, 6) is 1.47. The van der Waals surface area contributed by atoms with Gasteiger partial charge in [0, 0.05) is 30.7 Å². The van der Waals surface area contributed by atoms with Gasteiger partial charge < -0.3 is 10.1 Å². The highest BCUT2D eigenvalue weighted by Crippen LogP contribution is 2.26. The fourth-order valence-electron chi connectivity index (χ4n) is 3.99. The molecular weight excluding hydrogens is 426 g/mol. The second kappa shape index (κ2) is 9.30. The smallest absolute Gasteiger partial charge is 0.273 e. The van der Waals surface area contributed by atoms with Gasteiger partial charge in [-0.2, -0.15) is 0 Å². The molecule has 7 nitrogen and oxygen atoms in total. The predicted octanol–water partition coefficient (Wildman–Crippen LogP) is 4.45. The first-order chi connectivity index (χ1) is 15.6. The number of carbonyl (C=O) groups is 1. The van der Waals surface area contributed by atoms with Crippen LogP contribution in [0, 0.1) is 0 Å². The minimum atomic E-state index is -0.114. The number of halogens is 1. The molecule has 166 valence electrons. The number of nitrogens with zero attached hydrogens (tertiary/aromatic N) is 4. The zero-order valence-corrected chi connectivity index (χ0v) is 18.5. The maximum atomic E-state index is 12.2. The highest BCUT2D eigenvalue weighted by molar-refractivity contribution is 6.30. The molecule has 1 aliphatic carbocycles. The van der Waals surface area contributed by atoms with E-state index in [1.165, 1.54) is 5.56 Å². The number of carbonyl (C=O) groups excluding carboxylic acids is 1. The van der Waals surface area contributed by atoms with E-state index in [2.05, 4.69) is 32.7 Å². The van der Waals surface area contributed by atoms with E-state index in [4.69, 9.17) is 16.3 Å². The van der Waals surface area contributed by atoms with Crippen molar-refractivity contribution in [2.24, 2.45) is 0 Å². The van der Waals surface area contributed by atoms with Crippen LogP contribution in [-0.4, -0.2) is 44.9 Å². The Hall–Kier alpha value is -2.90. The van der Waals surface area contributed by atoms with Crippen LogP contribution in [0.2, 0.25) is 5.02 Å². The van der Waals surface area contributed by atoms with Crippen LogP contribution in [-0.2, 0) is 6.54 Å². The Morgan fingerprint density at radius 2 is 1.84 bits per heavy atom. The van der Waals surface area contributed by atoms with Crippen molar-refractivity contribution in [2.75, 3.05) is 13.1 Å². The van der Waals surface area contributed by atoms with E-state index in [-0.39, 0.29) is 11.9 Å². The number of piperidine rings is 1. The van der Waals surface area contributed by atoms with Crippen molar-refractivity contribution < 1.29 is 9.53 Å². The second-order valence-corrected chi connectivity index (χ2v) is 8.98. The van der Waals surface area contributed by atoms with E-state index < -0.39 is 0 Å². The molecule has 1 N–H and O–H groups in total. The molecule has 1 saturated carbocycles. The molecule has 2 aromatic carbocycles. The normalized spacial score (nSPS) is 17.3. The molecule has 2 aliphatic rings. The number of rotatable bonds is 7. The van der Waals surface area contributed by atoms with Crippen LogP contribution in [0.1, 0.15) is 47.8 Å². The van der Waals surface area contributed by atoms with Crippen molar-refractivity contribution in [1.82, 2.24) is 25.2 Å². The van der Waals surface area contributed by atoms with Gasteiger partial charge in [0.15, 0.2) is 5.69 Å². The molecule has 1 aromatic heterocycles. The lowest BCUT2D eigenvalue weighted by Gasteiger charge is -2.31. The van der Waals surface area contributed by atoms with Gasteiger partial charge in [0.1, 0.15) is 11.5 Å². The van der Waals surface area contributed by atoms with Crippen LogP contribution in [0.25, 0.3) is 0 Å². The molecule has 2 heterocycles. The average Bonchev–Trinajstić information content (AvgIpc) is 3.47. The second-order valence-electron chi connectivity index (χ2n) is 8.54. The molecule has 1 aliphatic heterocycles. The quantitative estimate of drug-likeness (QED) is 0.574. The van der Waals surface area contributed by atoms with E-state index in [1.807, 2.05) is 41.1 Å². The van der Waals surface area contributed by atoms with Crippen molar-refractivity contribution in [2.45, 2.75) is 44.3 Å². The first kappa shape index (κ1) is 21.0. The number of amides is 1. The number of hydrogen-bond donors (Lipinski definition) is 1. The Balaban J connectivity index is 1.14. The lowest BCUT2D eigenvalue weighted by atomic mass is 10.0. The van der Waals surface area contributed by atoms with Crippen LogP contribution in [0.3, 0.4) is 0 Å². The summed E-state index contributed by atoms with van der Waals surface area (Å²) >= 11 is 5.95. The maximum Gasteiger partial charge on any atom is 0.273 e. The van der Waals surface area contributed by atoms with Crippen LogP contribution in [0.15, 0.2) is 54.7 Å². The molecule has 3 aromatic rings. The van der Waals surface area contributed by atoms with Gasteiger partial charge in [-0.05, 0) is 67.6 Å². The van der Waals surface area contributed by atoms with Gasteiger partial charge in [-0.1, -0.05) is 28.9 Å². The van der Waals surface area contributed by atoms with Gasteiger partial charge in [0.2, 0.25) is 0 Å². The Bertz CT molecular complexity index is 1070. The molecule has 0 bridgehead atoms. The summed E-state index contributed by atoms with van der Waals surface area (Å²) in [7, 11) is 0. The summed E-state index contributed by atoms with van der Waals surface area (Å²) in [5, 5.41) is 11.9. The molecule has 0 atom stereocenters. The van der Waals surface area contributed by atoms with Crippen LogP contribution >= 0.6 is 11.6 Å². The lowest BCUT2D eigenvalue weighted by Crippen LogP contribution is -2.34. The predicted molar refractivity (Wildman–Crippen MR) is 122 cm³/mol. The van der Waals surface area contributed by atoms with Crippen molar-refractivity contribution in [3.63, 3.8) is 0 Å². The van der Waals surface area contributed by atoms with E-state index in [0.717, 1.165) is 56.8 Å². The zero-order valence-electron chi connectivity index (χ0n) is 17.8. The van der Waals surface area contributed by atoms with Crippen molar-refractivity contribution in [3.05, 3.63) is 71.0 Å². The van der Waals surface area contributed by atoms with Crippen LogP contribution < -0.4 is 10.1 Å². The van der Waals surface area contributed by atoms with E-state index in [0.29, 0.717) is 16.8 Å². The first-order valence-corrected chi connectivity index (χ1v) is 11.5. The largest absolute Gasteiger partial charge is 0.457 e. The van der Waals surface area contributed by atoms with Crippen LogP contribution in [0.4, 0.5) is 0 Å². The highest BCUT2D eigenvalue weighted by Gasteiger charge is 2.26. The summed E-state index contributed by atoms with van der Waals surface area (Å²) in [4.78, 5) is 14.6. The van der Waals surface area contributed by atoms with Crippen molar-refractivity contribution in [3.8, 4) is 11.5 Å². The van der Waals surface area contributed by atoms with Crippen molar-refractivity contribution in [1.29, 1.82) is 0 Å². The molecular formula is C24H26ClN5O2. The van der Waals surface area contributed by atoms with E-state index in [9.17, 15) is 4.79 Å². The minimum Gasteiger partial charge on any atom is -0.457 e. The Morgan fingerprint density at radius 1 is 1.06 bits per heavy atom. The fourth-order valence-corrected chi connectivity index (χ4v) is 4.12. The third-order valence-corrected chi connectivity index (χ3v) is 6.19. The summed E-state index contributed by atoms with van der Waals surface area (Å²) in [5.41, 5.74) is 1.63. The molecule has 0 unspecified atom stereocenters. The Morgan fingerprint density at radius 3 is 2.59 bits per heavy atom. The molecule has 2 fully saturated rings. The lowest BCUT2D eigenvalue weighted by molar-refractivity contribution is 0.0946. The number of aromatic nitrogens is 3. The summed E-state index contributed by atoms with van der Waals surface area (Å²) < 4.78 is 7.82. The summed E-state index contributed by atoms with van der Waals surface area (Å²) in [6.07, 6.45) is 5.88. The Labute approximate surface area is 192 Å². The maximum absolute atomic E-state index is 12.2. The summed E-state index contributed by atoms with van der Waals surface area (Å²) in [6.45, 7) is 2.81. The average molecular weight is 452 g/mol. The number of hydrogen-bond acceptors (Lipinski definition) is 5. The molecule has 5 rings (SSSR count). The molecule has 0 radical (unpaired) electrons. The van der Waals surface area contributed by atoms with E-state index >= 15 is 0 Å². The SMILES string of the molecule is O=C(NC1CC1)c1cn(C2CCN(Cc3cccc(Oc4ccc(Cl)cc4)c3)CC2)nn1. The van der Waals surface area contributed by atoms with Crippen LogP contribution in [0.5, 0.6) is 11.5 Å². The first-order valence-electron chi connectivity index (χ1n) is 11.1. The van der Waals surface area contributed by atoms with E-state index in [1.54, 1.807) is 6.20 Å². The van der Waals surface area contributed by atoms with Gasteiger partial charge in [-0.3, -0.25) is 9.69 Å². The topological polar surface area (TPSA) is 72.3 Å². The molecule has 8 heteroatoms. The highest BCUT2D eigenvalue weighted by atomic mass is 35.5. The van der Waals surface area contributed by atoms with Gasteiger partial charge in [-0.15, -0.1) is 5.10 Å². The van der Waals surface area contributed by atoms with Gasteiger partial charge in [0.05, 0.1) is 12.2 Å². The van der Waals surface area contributed by atoms with Crippen molar-refractivity contribution >= 4 is 17.5 Å². The number of ether oxygens (including phenoxy) is 1. The van der Waals surface area contributed by atoms with Gasteiger partial charge in [-0.25, -0.2) is 4.68 Å². The number of nitrogens with one attached hydrogen (secondary N) is 1. The molecule has 0 spiro atoms. The zero-order chi connectivity index (χ0) is 21.9. The third kappa shape index (κ3) is 5.29. The monoisotopic (exact) mass is 451 g/mol. The van der Waals surface area contributed by atoms with Gasteiger partial charge in [0.25, 0.3) is 5.91 Å². The minimum absolute atomic E-state index is 0.114. The Kier molecular flexibility index (Phi) is 6.10.